The molecule has 0 aliphatic rings. The number of Topliss-reactive ketones (excluding diaryl/α,β-unsaturated/α-hetero) is 1. The standard InChI is InChI=1S/C10H11BrO2S/c1-13-10-4-3-7(5-8(10)11)9(12)6-14-2/h3-5H,6H2,1-2H3. The number of carbonyl (C=O) groups is 1. The zero-order valence-electron chi connectivity index (χ0n) is 8.04. The summed E-state index contributed by atoms with van der Waals surface area (Å²) < 4.78 is 5.89. The van der Waals surface area contributed by atoms with E-state index in [1.807, 2.05) is 6.26 Å². The van der Waals surface area contributed by atoms with Crippen molar-refractivity contribution in [1.29, 1.82) is 0 Å². The number of benzene rings is 1. The molecule has 0 aromatic heterocycles. The Hall–Kier alpha value is -0.480. The number of rotatable bonds is 4. The van der Waals surface area contributed by atoms with Gasteiger partial charge in [-0.3, -0.25) is 4.79 Å². The van der Waals surface area contributed by atoms with Crippen molar-refractivity contribution in [2.75, 3.05) is 19.1 Å². The normalized spacial score (nSPS) is 9.93. The summed E-state index contributed by atoms with van der Waals surface area (Å²) in [5.74, 6) is 1.39. The molecule has 0 aliphatic carbocycles. The van der Waals surface area contributed by atoms with Crippen LogP contribution in [0.15, 0.2) is 22.7 Å². The highest BCUT2D eigenvalue weighted by molar-refractivity contribution is 9.10. The zero-order chi connectivity index (χ0) is 10.6. The van der Waals surface area contributed by atoms with Gasteiger partial charge < -0.3 is 4.74 Å². The molecule has 0 N–H and O–H groups in total. The lowest BCUT2D eigenvalue weighted by molar-refractivity contribution is 0.102. The van der Waals surface area contributed by atoms with E-state index >= 15 is 0 Å². The van der Waals surface area contributed by atoms with Crippen LogP contribution in [-0.2, 0) is 0 Å². The lowest BCUT2D eigenvalue weighted by Crippen LogP contribution is -2.02. The fourth-order valence-electron chi connectivity index (χ4n) is 1.05. The minimum atomic E-state index is 0.140. The summed E-state index contributed by atoms with van der Waals surface area (Å²) in [6.07, 6.45) is 1.91. The first kappa shape index (κ1) is 11.6. The predicted octanol–water partition coefficient (Wildman–Crippen LogP) is 3.00. The van der Waals surface area contributed by atoms with Crippen molar-refractivity contribution in [3.05, 3.63) is 28.2 Å². The number of thioether (sulfide) groups is 1. The Labute approximate surface area is 96.2 Å². The molecule has 0 saturated carbocycles. The van der Waals surface area contributed by atoms with Crippen LogP contribution in [-0.4, -0.2) is 24.9 Å². The van der Waals surface area contributed by atoms with Crippen molar-refractivity contribution < 1.29 is 9.53 Å². The quantitative estimate of drug-likeness (QED) is 0.790. The van der Waals surface area contributed by atoms with Crippen molar-refractivity contribution in [3.8, 4) is 5.75 Å². The number of hydrogen-bond acceptors (Lipinski definition) is 3. The molecule has 76 valence electrons. The molecule has 0 radical (unpaired) electrons. The van der Waals surface area contributed by atoms with Crippen molar-refractivity contribution in [3.63, 3.8) is 0 Å². The lowest BCUT2D eigenvalue weighted by Gasteiger charge is -2.04. The van der Waals surface area contributed by atoms with Gasteiger partial charge in [0.1, 0.15) is 5.75 Å². The molecule has 0 spiro atoms. The van der Waals surface area contributed by atoms with Gasteiger partial charge in [0, 0.05) is 5.56 Å². The highest BCUT2D eigenvalue weighted by Crippen LogP contribution is 2.25. The van der Waals surface area contributed by atoms with E-state index in [-0.39, 0.29) is 5.78 Å². The van der Waals surface area contributed by atoms with Gasteiger partial charge in [-0.2, -0.15) is 11.8 Å². The molecule has 0 bridgehead atoms. The molecule has 4 heteroatoms. The topological polar surface area (TPSA) is 26.3 Å². The molecule has 1 rings (SSSR count). The van der Waals surface area contributed by atoms with Crippen LogP contribution in [0.5, 0.6) is 5.75 Å². The molecule has 0 atom stereocenters. The maximum Gasteiger partial charge on any atom is 0.172 e. The Morgan fingerprint density at radius 3 is 2.79 bits per heavy atom. The molecular formula is C10H11BrO2S. The summed E-state index contributed by atoms with van der Waals surface area (Å²) in [6, 6.07) is 5.36. The van der Waals surface area contributed by atoms with Crippen LogP contribution in [0.2, 0.25) is 0 Å². The maximum atomic E-state index is 11.5. The largest absolute Gasteiger partial charge is 0.496 e. The molecular weight excluding hydrogens is 264 g/mol. The zero-order valence-corrected chi connectivity index (χ0v) is 10.4. The molecule has 0 amide bonds. The predicted molar refractivity (Wildman–Crippen MR) is 63.4 cm³/mol. The van der Waals surface area contributed by atoms with Crippen LogP contribution in [0.25, 0.3) is 0 Å². The minimum absolute atomic E-state index is 0.140. The molecule has 0 unspecified atom stereocenters. The van der Waals surface area contributed by atoms with Crippen molar-refractivity contribution >= 4 is 33.5 Å². The van der Waals surface area contributed by atoms with Gasteiger partial charge in [0.25, 0.3) is 0 Å². The molecule has 0 aliphatic heterocycles. The second kappa shape index (κ2) is 5.41. The molecule has 14 heavy (non-hydrogen) atoms. The van der Waals surface area contributed by atoms with Crippen molar-refractivity contribution in [2.24, 2.45) is 0 Å². The number of methoxy groups -OCH3 is 1. The summed E-state index contributed by atoms with van der Waals surface area (Å²) in [5.41, 5.74) is 0.715. The Balaban J connectivity index is 2.91. The van der Waals surface area contributed by atoms with Gasteiger partial charge in [-0.15, -0.1) is 0 Å². The van der Waals surface area contributed by atoms with Gasteiger partial charge in [0.15, 0.2) is 5.78 Å². The minimum Gasteiger partial charge on any atom is -0.496 e. The van der Waals surface area contributed by atoms with Crippen LogP contribution >= 0.6 is 27.7 Å². The molecule has 0 saturated heterocycles. The Bertz CT molecular complexity index is 339. The van der Waals surface area contributed by atoms with E-state index in [0.29, 0.717) is 11.3 Å². The molecule has 0 fully saturated rings. The number of ether oxygens (including phenoxy) is 1. The SMILES string of the molecule is COc1ccc(C(=O)CSC)cc1Br. The fraction of sp³-hybridized carbons (Fsp3) is 0.300. The maximum absolute atomic E-state index is 11.5. The Morgan fingerprint density at radius 1 is 1.57 bits per heavy atom. The number of ketones is 1. The average Bonchev–Trinajstić information content (AvgIpc) is 2.18. The van der Waals surface area contributed by atoms with Crippen LogP contribution in [0.1, 0.15) is 10.4 Å². The van der Waals surface area contributed by atoms with Crippen molar-refractivity contribution in [2.45, 2.75) is 0 Å². The molecule has 2 nitrogen and oxygen atoms in total. The number of hydrogen-bond donors (Lipinski definition) is 0. The van der Waals surface area contributed by atoms with Gasteiger partial charge in [-0.1, -0.05) is 0 Å². The third-order valence-corrected chi connectivity index (χ3v) is 2.92. The van der Waals surface area contributed by atoms with Gasteiger partial charge in [-0.25, -0.2) is 0 Å². The van der Waals surface area contributed by atoms with Gasteiger partial charge >= 0.3 is 0 Å². The van der Waals surface area contributed by atoms with Crippen LogP contribution in [0.4, 0.5) is 0 Å². The van der Waals surface area contributed by atoms with E-state index in [1.54, 1.807) is 25.3 Å². The number of carbonyl (C=O) groups excluding carboxylic acids is 1. The first-order chi connectivity index (χ1) is 6.69. The highest BCUT2D eigenvalue weighted by Gasteiger charge is 2.07. The molecule has 1 aromatic carbocycles. The second-order valence-electron chi connectivity index (χ2n) is 2.71. The Morgan fingerprint density at radius 2 is 2.29 bits per heavy atom. The Kier molecular flexibility index (Phi) is 4.48. The summed E-state index contributed by atoms with van der Waals surface area (Å²) in [5, 5.41) is 0. The summed E-state index contributed by atoms with van der Waals surface area (Å²) in [7, 11) is 1.60. The van der Waals surface area contributed by atoms with Crippen molar-refractivity contribution in [1.82, 2.24) is 0 Å². The van der Waals surface area contributed by atoms with Crippen LogP contribution in [0, 0.1) is 0 Å². The number of halogens is 1. The lowest BCUT2D eigenvalue weighted by atomic mass is 10.1. The first-order valence-corrected chi connectivity index (χ1v) is 6.23. The molecule has 1 aromatic rings. The third-order valence-electron chi connectivity index (χ3n) is 1.75. The monoisotopic (exact) mass is 274 g/mol. The van der Waals surface area contributed by atoms with E-state index in [9.17, 15) is 4.79 Å². The summed E-state index contributed by atoms with van der Waals surface area (Å²) >= 11 is 4.87. The van der Waals surface area contributed by atoms with Gasteiger partial charge in [-0.05, 0) is 40.4 Å². The van der Waals surface area contributed by atoms with E-state index in [2.05, 4.69) is 15.9 Å². The molecule has 0 heterocycles. The van der Waals surface area contributed by atoms with E-state index in [0.717, 1.165) is 10.2 Å². The summed E-state index contributed by atoms with van der Waals surface area (Å²) in [4.78, 5) is 11.5. The van der Waals surface area contributed by atoms with E-state index < -0.39 is 0 Å². The van der Waals surface area contributed by atoms with Crippen LogP contribution < -0.4 is 4.74 Å². The van der Waals surface area contributed by atoms with Gasteiger partial charge in [0.05, 0.1) is 17.3 Å². The second-order valence-corrected chi connectivity index (χ2v) is 4.43. The summed E-state index contributed by atoms with van der Waals surface area (Å²) in [6.45, 7) is 0. The first-order valence-electron chi connectivity index (χ1n) is 4.04. The van der Waals surface area contributed by atoms with Crippen LogP contribution in [0.3, 0.4) is 0 Å². The third kappa shape index (κ3) is 2.75. The van der Waals surface area contributed by atoms with E-state index in [1.165, 1.54) is 11.8 Å². The highest BCUT2D eigenvalue weighted by atomic mass is 79.9. The fourth-order valence-corrected chi connectivity index (χ4v) is 2.02. The smallest absolute Gasteiger partial charge is 0.172 e. The van der Waals surface area contributed by atoms with Gasteiger partial charge in [0.2, 0.25) is 0 Å². The van der Waals surface area contributed by atoms with E-state index in [4.69, 9.17) is 4.74 Å². The average molecular weight is 275 g/mol.